The summed E-state index contributed by atoms with van der Waals surface area (Å²) in [6.45, 7) is 0. The topological polar surface area (TPSA) is 64.1 Å². The van der Waals surface area contributed by atoms with Gasteiger partial charge < -0.3 is 10.1 Å². The average Bonchev–Trinajstić information content (AvgIpc) is 2.32. The first-order valence-corrected chi connectivity index (χ1v) is 6.36. The second-order valence-electron chi connectivity index (χ2n) is 5.17. The summed E-state index contributed by atoms with van der Waals surface area (Å²) in [5, 5.41) is 3.08. The van der Waals surface area contributed by atoms with Gasteiger partial charge in [0.25, 0.3) is 5.91 Å². The quantitative estimate of drug-likeness (QED) is 0.870. The second kappa shape index (κ2) is 4.31. The number of methoxy groups -OCH3 is 1. The van der Waals surface area contributed by atoms with Crippen molar-refractivity contribution in [2.75, 3.05) is 7.11 Å². The minimum Gasteiger partial charge on any atom is -0.381 e. The van der Waals surface area contributed by atoms with Gasteiger partial charge in [-0.05, 0) is 25.3 Å². The van der Waals surface area contributed by atoms with Crippen molar-refractivity contribution >= 4 is 5.91 Å². The van der Waals surface area contributed by atoms with Gasteiger partial charge in [0.2, 0.25) is 0 Å². The van der Waals surface area contributed by atoms with Crippen LogP contribution in [0.4, 0.5) is 0 Å². The Kier molecular flexibility index (Phi) is 2.78. The van der Waals surface area contributed by atoms with Crippen LogP contribution >= 0.6 is 0 Å². The van der Waals surface area contributed by atoms with Crippen molar-refractivity contribution in [3.05, 3.63) is 24.3 Å². The van der Waals surface area contributed by atoms with E-state index in [0.717, 1.165) is 19.3 Å². The molecule has 1 spiro atoms. The Morgan fingerprint density at radius 3 is 2.94 bits per heavy atom. The highest BCUT2D eigenvalue weighted by Gasteiger charge is 2.59. The van der Waals surface area contributed by atoms with E-state index in [4.69, 9.17) is 4.74 Å². The molecule has 0 bridgehead atoms. The maximum atomic E-state index is 12.0. The number of ether oxygens (including phenoxy) is 1. The van der Waals surface area contributed by atoms with Gasteiger partial charge in [-0.2, -0.15) is 0 Å². The van der Waals surface area contributed by atoms with E-state index in [1.54, 1.807) is 19.4 Å². The fraction of sp³-hybridized carbons (Fsp3) is 0.615. The molecule has 96 valence electrons. The van der Waals surface area contributed by atoms with Crippen molar-refractivity contribution < 1.29 is 9.53 Å². The number of carbonyl (C=O) groups is 1. The first kappa shape index (κ1) is 11.6. The summed E-state index contributed by atoms with van der Waals surface area (Å²) in [7, 11) is 1.76. The standard InChI is InChI=1S/C13H17N3O2/c1-18-11-7-10(13(11)4-2-5-13)16-12(17)9-3-6-14-8-15-9/h3,6,8,10-11H,2,4-5,7H2,1H3,(H,16,17). The lowest BCUT2D eigenvalue weighted by Crippen LogP contribution is -2.67. The van der Waals surface area contributed by atoms with E-state index < -0.39 is 0 Å². The number of hydrogen-bond acceptors (Lipinski definition) is 4. The summed E-state index contributed by atoms with van der Waals surface area (Å²) < 4.78 is 5.48. The minimum absolute atomic E-state index is 0.108. The van der Waals surface area contributed by atoms with Crippen LogP contribution in [-0.4, -0.2) is 35.1 Å². The van der Waals surface area contributed by atoms with Crippen LogP contribution in [0.5, 0.6) is 0 Å². The zero-order chi connectivity index (χ0) is 12.6. The van der Waals surface area contributed by atoms with Gasteiger partial charge in [0.05, 0.1) is 6.10 Å². The predicted octanol–water partition coefficient (Wildman–Crippen LogP) is 1.16. The summed E-state index contributed by atoms with van der Waals surface area (Å²) in [6, 6.07) is 1.87. The van der Waals surface area contributed by atoms with Crippen molar-refractivity contribution in [1.29, 1.82) is 0 Å². The molecule has 1 heterocycles. The van der Waals surface area contributed by atoms with Crippen molar-refractivity contribution in [1.82, 2.24) is 15.3 Å². The Hall–Kier alpha value is -1.49. The Balaban J connectivity index is 1.66. The Bertz CT molecular complexity index is 445. The zero-order valence-electron chi connectivity index (χ0n) is 10.4. The van der Waals surface area contributed by atoms with E-state index in [2.05, 4.69) is 15.3 Å². The molecule has 2 aliphatic carbocycles. The smallest absolute Gasteiger partial charge is 0.270 e. The maximum Gasteiger partial charge on any atom is 0.270 e. The average molecular weight is 247 g/mol. The van der Waals surface area contributed by atoms with Crippen molar-refractivity contribution in [3.8, 4) is 0 Å². The molecule has 3 rings (SSSR count). The van der Waals surface area contributed by atoms with E-state index in [9.17, 15) is 4.79 Å². The number of nitrogens with zero attached hydrogens (tertiary/aromatic N) is 2. The number of aromatic nitrogens is 2. The molecule has 1 amide bonds. The molecule has 1 aromatic heterocycles. The van der Waals surface area contributed by atoms with E-state index in [0.29, 0.717) is 11.8 Å². The summed E-state index contributed by atoms with van der Waals surface area (Å²) in [6.07, 6.45) is 7.74. The number of rotatable bonds is 3. The SMILES string of the molecule is COC1CC(NC(=O)c2ccncn2)C12CCC2. The molecule has 2 atom stereocenters. The summed E-state index contributed by atoms with van der Waals surface area (Å²) in [4.78, 5) is 19.8. The summed E-state index contributed by atoms with van der Waals surface area (Å²) >= 11 is 0. The number of amides is 1. The van der Waals surface area contributed by atoms with Gasteiger partial charge >= 0.3 is 0 Å². The lowest BCUT2D eigenvalue weighted by molar-refractivity contribution is -0.158. The maximum absolute atomic E-state index is 12.0. The molecule has 1 aromatic rings. The number of nitrogens with one attached hydrogen (secondary N) is 1. The van der Waals surface area contributed by atoms with E-state index in [1.807, 2.05) is 0 Å². The lowest BCUT2D eigenvalue weighted by atomic mass is 9.51. The first-order valence-electron chi connectivity index (χ1n) is 6.36. The molecule has 2 unspecified atom stereocenters. The van der Waals surface area contributed by atoms with Gasteiger partial charge in [0, 0.05) is 24.8 Å². The van der Waals surface area contributed by atoms with Crippen LogP contribution in [0.1, 0.15) is 36.2 Å². The van der Waals surface area contributed by atoms with Gasteiger partial charge in [-0.1, -0.05) is 6.42 Å². The Morgan fingerprint density at radius 2 is 2.39 bits per heavy atom. The van der Waals surface area contributed by atoms with Crippen LogP contribution in [0.25, 0.3) is 0 Å². The zero-order valence-corrected chi connectivity index (χ0v) is 10.4. The van der Waals surface area contributed by atoms with E-state index in [-0.39, 0.29) is 17.4 Å². The Morgan fingerprint density at radius 1 is 1.56 bits per heavy atom. The molecule has 5 nitrogen and oxygen atoms in total. The van der Waals surface area contributed by atoms with Crippen LogP contribution in [-0.2, 0) is 4.74 Å². The first-order chi connectivity index (χ1) is 8.76. The molecular formula is C13H17N3O2. The normalized spacial score (nSPS) is 28.3. The molecule has 0 aromatic carbocycles. The van der Waals surface area contributed by atoms with Crippen LogP contribution in [0, 0.1) is 5.41 Å². The van der Waals surface area contributed by atoms with Crippen LogP contribution < -0.4 is 5.32 Å². The molecule has 1 N–H and O–H groups in total. The molecule has 0 aliphatic heterocycles. The van der Waals surface area contributed by atoms with Gasteiger partial charge in [-0.15, -0.1) is 0 Å². The van der Waals surface area contributed by atoms with Crippen molar-refractivity contribution in [2.24, 2.45) is 5.41 Å². The molecule has 2 saturated carbocycles. The largest absolute Gasteiger partial charge is 0.381 e. The predicted molar refractivity (Wildman–Crippen MR) is 65.0 cm³/mol. The molecule has 5 heteroatoms. The van der Waals surface area contributed by atoms with E-state index in [1.165, 1.54) is 12.7 Å². The fourth-order valence-corrected chi connectivity index (χ4v) is 3.19. The molecular weight excluding hydrogens is 230 g/mol. The minimum atomic E-state index is -0.108. The van der Waals surface area contributed by atoms with Gasteiger partial charge in [-0.3, -0.25) is 4.79 Å². The second-order valence-corrected chi connectivity index (χ2v) is 5.17. The molecule has 2 aliphatic rings. The highest BCUT2D eigenvalue weighted by Crippen LogP contribution is 2.57. The third-order valence-electron chi connectivity index (χ3n) is 4.47. The van der Waals surface area contributed by atoms with E-state index >= 15 is 0 Å². The number of carbonyl (C=O) groups excluding carboxylic acids is 1. The molecule has 0 saturated heterocycles. The van der Waals surface area contributed by atoms with Gasteiger partial charge in [0.15, 0.2) is 0 Å². The fourth-order valence-electron chi connectivity index (χ4n) is 3.19. The summed E-state index contributed by atoms with van der Waals surface area (Å²) in [5.74, 6) is -0.108. The molecule has 2 fully saturated rings. The third kappa shape index (κ3) is 1.61. The van der Waals surface area contributed by atoms with Crippen LogP contribution in [0.3, 0.4) is 0 Å². The number of hydrogen-bond donors (Lipinski definition) is 1. The van der Waals surface area contributed by atoms with Crippen LogP contribution in [0.15, 0.2) is 18.6 Å². The summed E-state index contributed by atoms with van der Waals surface area (Å²) in [5.41, 5.74) is 0.623. The molecule has 0 radical (unpaired) electrons. The van der Waals surface area contributed by atoms with Gasteiger partial charge in [0.1, 0.15) is 12.0 Å². The highest BCUT2D eigenvalue weighted by atomic mass is 16.5. The van der Waals surface area contributed by atoms with Gasteiger partial charge in [-0.25, -0.2) is 9.97 Å². The van der Waals surface area contributed by atoms with Crippen molar-refractivity contribution in [3.63, 3.8) is 0 Å². The van der Waals surface area contributed by atoms with Crippen molar-refractivity contribution in [2.45, 2.75) is 37.8 Å². The monoisotopic (exact) mass is 247 g/mol. The highest BCUT2D eigenvalue weighted by molar-refractivity contribution is 5.92. The lowest BCUT2D eigenvalue weighted by Gasteiger charge is -2.60. The Labute approximate surface area is 106 Å². The molecule has 18 heavy (non-hydrogen) atoms. The van der Waals surface area contributed by atoms with Crippen LogP contribution in [0.2, 0.25) is 0 Å². The third-order valence-corrected chi connectivity index (χ3v) is 4.47.